The van der Waals surface area contributed by atoms with Crippen molar-refractivity contribution in [3.63, 3.8) is 0 Å². The van der Waals surface area contributed by atoms with Gasteiger partial charge in [0.1, 0.15) is 17.6 Å². The monoisotopic (exact) mass is 460 g/mol. The van der Waals surface area contributed by atoms with Crippen LogP contribution in [0.2, 0.25) is 0 Å². The van der Waals surface area contributed by atoms with E-state index in [2.05, 4.69) is 0 Å². The van der Waals surface area contributed by atoms with Gasteiger partial charge >= 0.3 is 0 Å². The van der Waals surface area contributed by atoms with Gasteiger partial charge in [-0.1, -0.05) is 36.4 Å². The van der Waals surface area contributed by atoms with Crippen LogP contribution in [0, 0.1) is 5.82 Å². The zero-order chi connectivity index (χ0) is 23.4. The van der Waals surface area contributed by atoms with Crippen molar-refractivity contribution in [2.45, 2.75) is 6.04 Å². The first-order valence-electron chi connectivity index (χ1n) is 10.1. The number of hydrogen-bond acceptors (Lipinski definition) is 4. The van der Waals surface area contributed by atoms with Crippen LogP contribution in [0.5, 0.6) is 0 Å². The van der Waals surface area contributed by atoms with Crippen LogP contribution in [0.25, 0.3) is 22.3 Å². The molecule has 0 fully saturated rings. The summed E-state index contributed by atoms with van der Waals surface area (Å²) < 4.78 is 15.4. The molecule has 2 amide bonds. The van der Waals surface area contributed by atoms with Crippen molar-refractivity contribution in [3.05, 3.63) is 101 Å². The smallest absolute Gasteiger partial charge is 0.247 e. The van der Waals surface area contributed by atoms with E-state index in [1.54, 1.807) is 28.2 Å². The van der Waals surface area contributed by atoms with E-state index in [9.17, 15) is 14.0 Å². The number of nitrogens with zero attached hydrogens (tertiary/aromatic N) is 3. The van der Waals surface area contributed by atoms with Gasteiger partial charge in [0.05, 0.1) is 10.6 Å². The molecule has 6 nitrogen and oxygen atoms in total. The van der Waals surface area contributed by atoms with Gasteiger partial charge in [-0.2, -0.15) is 5.10 Å². The zero-order valence-electron chi connectivity index (χ0n) is 17.8. The molecule has 2 heterocycles. The molecule has 1 unspecified atom stereocenters. The summed E-state index contributed by atoms with van der Waals surface area (Å²) in [5.41, 5.74) is 8.20. The Kier molecular flexibility index (Phi) is 6.46. The van der Waals surface area contributed by atoms with Crippen molar-refractivity contribution >= 4 is 29.2 Å². The number of benzene rings is 2. The van der Waals surface area contributed by atoms with Crippen molar-refractivity contribution < 1.29 is 14.0 Å². The number of rotatable bonds is 7. The number of amides is 2. The van der Waals surface area contributed by atoms with Gasteiger partial charge < -0.3 is 10.6 Å². The summed E-state index contributed by atoms with van der Waals surface area (Å²) in [7, 11) is 1.46. The molecule has 4 aromatic rings. The van der Waals surface area contributed by atoms with E-state index in [0.29, 0.717) is 5.56 Å². The third-order valence-electron chi connectivity index (χ3n) is 5.09. The minimum absolute atomic E-state index is 0.308. The Morgan fingerprint density at radius 1 is 1.12 bits per heavy atom. The molecule has 0 aliphatic carbocycles. The molecule has 4 rings (SSSR count). The number of likely N-dealkylation sites (N-methyl/N-ethyl adjacent to an activating group) is 1. The number of nitrogens with two attached hydrogens (primary N) is 1. The first kappa shape index (κ1) is 22.2. The van der Waals surface area contributed by atoms with E-state index in [-0.39, 0.29) is 0 Å². The third-order valence-corrected chi connectivity index (χ3v) is 5.97. The van der Waals surface area contributed by atoms with E-state index in [1.807, 2.05) is 54.0 Å². The lowest BCUT2D eigenvalue weighted by Gasteiger charge is -2.25. The number of para-hydroxylation sites is 1. The molecule has 0 bridgehead atoms. The Labute approximate surface area is 194 Å². The molecule has 0 aliphatic rings. The SMILES string of the molecule is CN(C(=O)/C=C/c1cn(-c2ccccc2)nc1-c1cccs1)C(C(N)=O)c1cccc(F)c1. The van der Waals surface area contributed by atoms with Gasteiger partial charge in [0.25, 0.3) is 0 Å². The number of carbonyl (C=O) groups is 2. The predicted octanol–water partition coefficient (Wildman–Crippen LogP) is 4.44. The molecule has 2 aromatic heterocycles. The van der Waals surface area contributed by atoms with Gasteiger partial charge in [0.2, 0.25) is 11.8 Å². The topological polar surface area (TPSA) is 81.2 Å². The molecule has 8 heteroatoms. The number of halogens is 1. The van der Waals surface area contributed by atoms with Gasteiger partial charge in [0.15, 0.2) is 0 Å². The van der Waals surface area contributed by atoms with E-state index in [1.165, 1.54) is 36.2 Å². The summed E-state index contributed by atoms with van der Waals surface area (Å²) in [5.74, 6) is -1.71. The summed E-state index contributed by atoms with van der Waals surface area (Å²) in [5, 5.41) is 6.66. The maximum Gasteiger partial charge on any atom is 0.247 e. The molecule has 33 heavy (non-hydrogen) atoms. The average Bonchev–Trinajstić information content (AvgIpc) is 3.48. The summed E-state index contributed by atoms with van der Waals surface area (Å²) >= 11 is 1.54. The van der Waals surface area contributed by atoms with E-state index in [0.717, 1.165) is 21.8 Å². The fraction of sp³-hybridized carbons (Fsp3) is 0.0800. The molecule has 0 saturated carbocycles. The number of primary amides is 1. The van der Waals surface area contributed by atoms with Crippen LogP contribution in [0.4, 0.5) is 4.39 Å². The highest BCUT2D eigenvalue weighted by atomic mass is 32.1. The fourth-order valence-corrected chi connectivity index (χ4v) is 4.22. The van der Waals surface area contributed by atoms with Crippen LogP contribution in [0.15, 0.2) is 84.4 Å². The van der Waals surface area contributed by atoms with Gasteiger partial charge in [-0.25, -0.2) is 9.07 Å². The molecule has 0 aliphatic heterocycles. The lowest BCUT2D eigenvalue weighted by molar-refractivity contribution is -0.134. The van der Waals surface area contributed by atoms with Gasteiger partial charge in [-0.15, -0.1) is 11.3 Å². The summed E-state index contributed by atoms with van der Waals surface area (Å²) in [6.07, 6.45) is 4.86. The highest BCUT2D eigenvalue weighted by molar-refractivity contribution is 7.13. The molecule has 166 valence electrons. The van der Waals surface area contributed by atoms with E-state index < -0.39 is 23.7 Å². The number of carbonyl (C=O) groups excluding carboxylic acids is 2. The first-order chi connectivity index (χ1) is 15.9. The van der Waals surface area contributed by atoms with E-state index in [4.69, 9.17) is 10.8 Å². The lowest BCUT2D eigenvalue weighted by atomic mass is 10.0. The van der Waals surface area contributed by atoms with Gasteiger partial charge in [0, 0.05) is 24.9 Å². The minimum atomic E-state index is -1.10. The second-order valence-electron chi connectivity index (χ2n) is 7.33. The summed E-state index contributed by atoms with van der Waals surface area (Å²) in [4.78, 5) is 27.1. The maximum absolute atomic E-state index is 13.7. The second kappa shape index (κ2) is 9.62. The van der Waals surface area contributed by atoms with Gasteiger partial charge in [-0.05, 0) is 47.4 Å². The van der Waals surface area contributed by atoms with Crippen LogP contribution in [0.3, 0.4) is 0 Å². The average molecular weight is 461 g/mol. The Morgan fingerprint density at radius 3 is 2.58 bits per heavy atom. The zero-order valence-corrected chi connectivity index (χ0v) is 18.6. The normalized spacial score (nSPS) is 12.1. The van der Waals surface area contributed by atoms with Crippen LogP contribution in [0.1, 0.15) is 17.2 Å². The molecule has 0 spiro atoms. The van der Waals surface area contributed by atoms with Crippen molar-refractivity contribution in [3.8, 4) is 16.3 Å². The van der Waals surface area contributed by atoms with Crippen LogP contribution < -0.4 is 5.73 Å². The van der Waals surface area contributed by atoms with Crippen molar-refractivity contribution in [2.24, 2.45) is 5.73 Å². The largest absolute Gasteiger partial charge is 0.368 e. The third kappa shape index (κ3) is 4.91. The molecule has 0 saturated heterocycles. The molecular weight excluding hydrogens is 439 g/mol. The van der Waals surface area contributed by atoms with Crippen molar-refractivity contribution in [2.75, 3.05) is 7.05 Å². The highest BCUT2D eigenvalue weighted by Crippen LogP contribution is 2.29. The molecular formula is C25H21FN4O2S. The van der Waals surface area contributed by atoms with Crippen LogP contribution in [-0.2, 0) is 9.59 Å². The Balaban J connectivity index is 1.64. The quantitative estimate of drug-likeness (QED) is 0.414. The standard InChI is InChI=1S/C25H21FN4O2S/c1-29(24(25(27)32)17-7-5-8-19(26)15-17)22(31)13-12-18-16-30(20-9-3-2-4-10-20)28-23(18)21-11-6-14-33-21/h2-16,24H,1H3,(H2,27,32)/b13-12+. The molecule has 1 atom stereocenters. The van der Waals surface area contributed by atoms with Crippen LogP contribution >= 0.6 is 11.3 Å². The summed E-state index contributed by atoms with van der Waals surface area (Å²) in [6.45, 7) is 0. The Hall–Kier alpha value is -4.04. The number of thiophene rings is 1. The predicted molar refractivity (Wildman–Crippen MR) is 127 cm³/mol. The first-order valence-corrected chi connectivity index (χ1v) is 11.0. The second-order valence-corrected chi connectivity index (χ2v) is 8.28. The molecule has 0 radical (unpaired) electrons. The molecule has 2 aromatic carbocycles. The van der Waals surface area contributed by atoms with Crippen molar-refractivity contribution in [1.29, 1.82) is 0 Å². The molecule has 2 N–H and O–H groups in total. The summed E-state index contributed by atoms with van der Waals surface area (Å²) in [6, 6.07) is 17.9. The highest BCUT2D eigenvalue weighted by Gasteiger charge is 2.26. The van der Waals surface area contributed by atoms with Crippen LogP contribution in [-0.4, -0.2) is 33.5 Å². The van der Waals surface area contributed by atoms with E-state index >= 15 is 0 Å². The lowest BCUT2D eigenvalue weighted by Crippen LogP contribution is -2.38. The Morgan fingerprint density at radius 2 is 1.91 bits per heavy atom. The maximum atomic E-state index is 13.7. The Bertz CT molecular complexity index is 1300. The fourth-order valence-electron chi connectivity index (χ4n) is 3.49. The number of aromatic nitrogens is 2. The van der Waals surface area contributed by atoms with Gasteiger partial charge in [-0.3, -0.25) is 9.59 Å². The minimum Gasteiger partial charge on any atom is -0.368 e. The van der Waals surface area contributed by atoms with Crippen molar-refractivity contribution in [1.82, 2.24) is 14.7 Å². The number of hydrogen-bond donors (Lipinski definition) is 1.